The van der Waals surface area contributed by atoms with Crippen LogP contribution in [0.3, 0.4) is 0 Å². The van der Waals surface area contributed by atoms with Crippen molar-refractivity contribution >= 4 is 5.95 Å². The Kier molecular flexibility index (Phi) is 4.66. The molecule has 1 aliphatic heterocycles. The third-order valence-corrected chi connectivity index (χ3v) is 4.81. The maximum absolute atomic E-state index is 6.21. The fraction of sp³-hybridized carbons (Fsp3) is 0.350. The Labute approximate surface area is 158 Å². The number of hydrogen-bond donors (Lipinski definition) is 0. The predicted molar refractivity (Wildman–Crippen MR) is 103 cm³/mol. The zero-order valence-electron chi connectivity index (χ0n) is 15.8. The highest BCUT2D eigenvalue weighted by Gasteiger charge is 2.28. The quantitative estimate of drug-likeness (QED) is 0.693. The summed E-state index contributed by atoms with van der Waals surface area (Å²) in [5.41, 5.74) is 2.07. The van der Waals surface area contributed by atoms with Gasteiger partial charge in [-0.15, -0.1) is 10.2 Å². The number of aryl methyl sites for hydroxylation is 2. The summed E-state index contributed by atoms with van der Waals surface area (Å²) in [6.45, 7) is 5.66. The van der Waals surface area contributed by atoms with Crippen LogP contribution < -0.4 is 14.4 Å². The first-order valence-electron chi connectivity index (χ1n) is 9.05. The zero-order valence-corrected chi connectivity index (χ0v) is 15.8. The molecule has 0 spiro atoms. The van der Waals surface area contributed by atoms with Crippen molar-refractivity contribution in [2.75, 3.05) is 25.1 Å². The Morgan fingerprint density at radius 1 is 1.07 bits per heavy atom. The molecule has 1 fully saturated rings. The summed E-state index contributed by atoms with van der Waals surface area (Å²) < 4.78 is 13.4. The molecule has 0 amide bonds. The topological polar surface area (TPSA) is 65.3 Å². The minimum atomic E-state index is 0.130. The summed E-state index contributed by atoms with van der Waals surface area (Å²) in [5.74, 6) is 3.16. The summed E-state index contributed by atoms with van der Waals surface area (Å²) in [6.07, 6.45) is 2.85. The Morgan fingerprint density at radius 3 is 2.67 bits per heavy atom. The van der Waals surface area contributed by atoms with E-state index in [1.807, 2.05) is 41.8 Å². The first-order chi connectivity index (χ1) is 13.2. The smallest absolute Gasteiger partial charge is 0.232 e. The highest BCUT2D eigenvalue weighted by Crippen LogP contribution is 2.27. The van der Waals surface area contributed by atoms with Crippen LogP contribution in [0.4, 0.5) is 5.95 Å². The molecule has 0 N–H and O–H groups in total. The van der Waals surface area contributed by atoms with Gasteiger partial charge in [0.1, 0.15) is 17.7 Å². The normalized spacial score (nSPS) is 16.6. The monoisotopic (exact) mass is 365 g/mol. The standard InChI is InChI=1S/C20H23N5O2/c1-14-6-4-5-7-18(14)27-17-10-11-24(13-17)20-23-22-15(2)25(20)16-8-9-19(26-3)21-12-16/h4-9,12,17H,10-11,13H2,1-3H3/t17-/m1/s1. The number of methoxy groups -OCH3 is 1. The minimum Gasteiger partial charge on any atom is -0.488 e. The van der Waals surface area contributed by atoms with E-state index in [2.05, 4.69) is 33.1 Å². The number of pyridine rings is 1. The van der Waals surface area contributed by atoms with Crippen LogP contribution in [-0.4, -0.2) is 46.1 Å². The van der Waals surface area contributed by atoms with Gasteiger partial charge in [-0.2, -0.15) is 0 Å². The molecular formula is C20H23N5O2. The fourth-order valence-corrected chi connectivity index (χ4v) is 3.36. The number of nitrogens with zero attached hydrogens (tertiary/aromatic N) is 5. The molecule has 0 radical (unpaired) electrons. The predicted octanol–water partition coefficient (Wildman–Crippen LogP) is 2.95. The number of benzene rings is 1. The lowest BCUT2D eigenvalue weighted by Crippen LogP contribution is -2.27. The number of ether oxygens (including phenoxy) is 2. The van der Waals surface area contributed by atoms with E-state index >= 15 is 0 Å². The SMILES string of the molecule is COc1ccc(-n2c(C)nnc2N2CC[C@@H](Oc3ccccc3C)C2)cn1. The van der Waals surface area contributed by atoms with Crippen molar-refractivity contribution in [1.82, 2.24) is 19.7 Å². The van der Waals surface area contributed by atoms with Crippen LogP contribution in [0.25, 0.3) is 5.69 Å². The van der Waals surface area contributed by atoms with Gasteiger partial charge in [-0.25, -0.2) is 4.98 Å². The molecule has 0 aliphatic carbocycles. The van der Waals surface area contributed by atoms with Crippen LogP contribution >= 0.6 is 0 Å². The summed E-state index contributed by atoms with van der Waals surface area (Å²) in [7, 11) is 1.61. The Balaban J connectivity index is 1.54. The zero-order chi connectivity index (χ0) is 18.8. The third kappa shape index (κ3) is 3.45. The lowest BCUT2D eigenvalue weighted by atomic mass is 10.2. The number of aromatic nitrogens is 4. The first-order valence-corrected chi connectivity index (χ1v) is 9.05. The molecule has 0 unspecified atom stereocenters. The van der Waals surface area contributed by atoms with Crippen molar-refractivity contribution in [3.8, 4) is 17.3 Å². The third-order valence-electron chi connectivity index (χ3n) is 4.81. The largest absolute Gasteiger partial charge is 0.488 e. The van der Waals surface area contributed by atoms with E-state index in [4.69, 9.17) is 9.47 Å². The first kappa shape index (κ1) is 17.3. The summed E-state index contributed by atoms with van der Waals surface area (Å²) in [5, 5.41) is 8.67. The van der Waals surface area contributed by atoms with Crippen molar-refractivity contribution in [3.63, 3.8) is 0 Å². The van der Waals surface area contributed by atoms with Crippen LogP contribution in [0, 0.1) is 13.8 Å². The lowest BCUT2D eigenvalue weighted by Gasteiger charge is -2.19. The molecular weight excluding hydrogens is 342 g/mol. The molecule has 140 valence electrons. The van der Waals surface area contributed by atoms with Gasteiger partial charge in [-0.1, -0.05) is 18.2 Å². The maximum Gasteiger partial charge on any atom is 0.232 e. The van der Waals surface area contributed by atoms with E-state index in [-0.39, 0.29) is 6.10 Å². The molecule has 4 rings (SSSR count). The Morgan fingerprint density at radius 2 is 1.93 bits per heavy atom. The van der Waals surface area contributed by atoms with E-state index in [9.17, 15) is 0 Å². The van der Waals surface area contributed by atoms with Crippen LogP contribution in [0.5, 0.6) is 11.6 Å². The summed E-state index contributed by atoms with van der Waals surface area (Å²) in [4.78, 5) is 6.52. The van der Waals surface area contributed by atoms with E-state index in [0.717, 1.165) is 48.3 Å². The number of rotatable bonds is 5. The second-order valence-corrected chi connectivity index (χ2v) is 6.68. The van der Waals surface area contributed by atoms with Gasteiger partial charge < -0.3 is 14.4 Å². The van der Waals surface area contributed by atoms with Gasteiger partial charge in [0.05, 0.1) is 25.5 Å². The van der Waals surface area contributed by atoms with E-state index in [1.165, 1.54) is 0 Å². The molecule has 0 saturated carbocycles. The van der Waals surface area contributed by atoms with E-state index in [0.29, 0.717) is 5.88 Å². The Bertz CT molecular complexity index is 922. The molecule has 1 aromatic carbocycles. The van der Waals surface area contributed by atoms with Gasteiger partial charge >= 0.3 is 0 Å². The molecule has 7 nitrogen and oxygen atoms in total. The van der Waals surface area contributed by atoms with E-state index in [1.54, 1.807) is 13.3 Å². The van der Waals surface area contributed by atoms with E-state index < -0.39 is 0 Å². The molecule has 3 aromatic rings. The Hall–Kier alpha value is -3.09. The van der Waals surface area contributed by atoms with Crippen molar-refractivity contribution in [2.45, 2.75) is 26.4 Å². The molecule has 1 saturated heterocycles. The van der Waals surface area contributed by atoms with Gasteiger partial charge in [-0.3, -0.25) is 4.57 Å². The molecule has 2 aromatic heterocycles. The van der Waals surface area contributed by atoms with Crippen LogP contribution in [-0.2, 0) is 0 Å². The molecule has 0 bridgehead atoms. The van der Waals surface area contributed by atoms with Gasteiger partial charge in [0.2, 0.25) is 11.8 Å². The lowest BCUT2D eigenvalue weighted by molar-refractivity contribution is 0.223. The molecule has 3 heterocycles. The highest BCUT2D eigenvalue weighted by molar-refractivity contribution is 5.45. The molecule has 1 aliphatic rings. The highest BCUT2D eigenvalue weighted by atomic mass is 16.5. The summed E-state index contributed by atoms with van der Waals surface area (Å²) >= 11 is 0. The maximum atomic E-state index is 6.21. The second kappa shape index (κ2) is 7.26. The van der Waals surface area contributed by atoms with Gasteiger partial charge in [-0.05, 0) is 31.5 Å². The molecule has 7 heteroatoms. The van der Waals surface area contributed by atoms with Crippen molar-refractivity contribution < 1.29 is 9.47 Å². The minimum absolute atomic E-state index is 0.130. The van der Waals surface area contributed by atoms with Crippen molar-refractivity contribution in [1.29, 1.82) is 0 Å². The average molecular weight is 365 g/mol. The average Bonchev–Trinajstić information content (AvgIpc) is 3.30. The molecule has 27 heavy (non-hydrogen) atoms. The summed E-state index contributed by atoms with van der Waals surface area (Å²) in [6, 6.07) is 11.9. The van der Waals surface area contributed by atoms with Crippen LogP contribution in [0.15, 0.2) is 42.6 Å². The van der Waals surface area contributed by atoms with Crippen LogP contribution in [0.2, 0.25) is 0 Å². The van der Waals surface area contributed by atoms with Crippen LogP contribution in [0.1, 0.15) is 17.8 Å². The fourth-order valence-electron chi connectivity index (χ4n) is 3.36. The van der Waals surface area contributed by atoms with Crippen molar-refractivity contribution in [2.24, 2.45) is 0 Å². The number of anilines is 1. The van der Waals surface area contributed by atoms with Gasteiger partial charge in [0.25, 0.3) is 0 Å². The second-order valence-electron chi connectivity index (χ2n) is 6.68. The van der Waals surface area contributed by atoms with Crippen molar-refractivity contribution in [3.05, 3.63) is 54.0 Å². The number of hydrogen-bond acceptors (Lipinski definition) is 6. The van der Waals surface area contributed by atoms with Gasteiger partial charge in [0.15, 0.2) is 0 Å². The van der Waals surface area contributed by atoms with Gasteiger partial charge in [0, 0.05) is 19.0 Å². The molecule has 1 atom stereocenters. The number of para-hydroxylation sites is 1.